The first kappa shape index (κ1) is 12.8. The molecule has 0 spiro atoms. The molecule has 0 aliphatic carbocycles. The fourth-order valence-corrected chi connectivity index (χ4v) is 2.04. The summed E-state index contributed by atoms with van der Waals surface area (Å²) in [6.45, 7) is 4.23. The van der Waals surface area contributed by atoms with Crippen LogP contribution in [-0.2, 0) is 6.54 Å². The number of aromatic nitrogens is 2. The molecule has 0 saturated carbocycles. The Kier molecular flexibility index (Phi) is 4.97. The second-order valence-corrected chi connectivity index (χ2v) is 4.48. The molecule has 96 valence electrons. The van der Waals surface area contributed by atoms with Crippen molar-refractivity contribution in [3.8, 4) is 5.69 Å². The van der Waals surface area contributed by atoms with Crippen molar-refractivity contribution in [2.75, 3.05) is 6.54 Å². The van der Waals surface area contributed by atoms with Gasteiger partial charge < -0.3 is 9.88 Å². The molecule has 18 heavy (non-hydrogen) atoms. The molecule has 0 radical (unpaired) electrons. The second-order valence-electron chi connectivity index (χ2n) is 4.48. The number of para-hydroxylation sites is 1. The van der Waals surface area contributed by atoms with Crippen LogP contribution in [0.2, 0.25) is 0 Å². The van der Waals surface area contributed by atoms with Gasteiger partial charge in [0.15, 0.2) is 0 Å². The van der Waals surface area contributed by atoms with Crippen LogP contribution in [0.1, 0.15) is 31.7 Å². The smallest absolute Gasteiger partial charge is 0.0991 e. The highest BCUT2D eigenvalue weighted by Crippen LogP contribution is 2.13. The molecule has 0 atom stereocenters. The highest BCUT2D eigenvalue weighted by atomic mass is 15.0. The van der Waals surface area contributed by atoms with E-state index in [2.05, 4.69) is 46.1 Å². The average molecular weight is 243 g/mol. The Morgan fingerprint density at radius 3 is 2.89 bits per heavy atom. The van der Waals surface area contributed by atoms with Crippen LogP contribution in [0, 0.1) is 0 Å². The summed E-state index contributed by atoms with van der Waals surface area (Å²) in [4.78, 5) is 4.10. The maximum Gasteiger partial charge on any atom is 0.0991 e. The number of hydrogen-bond donors (Lipinski definition) is 1. The predicted octanol–water partition coefficient (Wildman–Crippen LogP) is 3.15. The summed E-state index contributed by atoms with van der Waals surface area (Å²) in [6.07, 6.45) is 9.46. The fourth-order valence-electron chi connectivity index (χ4n) is 2.04. The number of nitrogens with one attached hydrogen (secondary N) is 1. The second kappa shape index (κ2) is 6.97. The zero-order valence-electron chi connectivity index (χ0n) is 11.0. The van der Waals surface area contributed by atoms with Gasteiger partial charge in [0.1, 0.15) is 0 Å². The van der Waals surface area contributed by atoms with Crippen molar-refractivity contribution in [3.05, 3.63) is 48.5 Å². The van der Waals surface area contributed by atoms with Crippen LogP contribution in [0.15, 0.2) is 43.0 Å². The zero-order chi connectivity index (χ0) is 12.6. The van der Waals surface area contributed by atoms with E-state index in [-0.39, 0.29) is 0 Å². The molecule has 1 heterocycles. The number of unbranched alkanes of at least 4 members (excludes halogenated alkanes) is 2. The molecular weight excluding hydrogens is 222 g/mol. The standard InChI is InChI=1S/C15H21N3/c1-2-3-6-9-16-12-14-7-4-5-8-15(14)18-11-10-17-13-18/h4-5,7-8,10-11,13,16H,2-3,6,9,12H2,1H3. The van der Waals surface area contributed by atoms with Crippen molar-refractivity contribution in [2.24, 2.45) is 0 Å². The monoisotopic (exact) mass is 243 g/mol. The van der Waals surface area contributed by atoms with E-state index in [0.29, 0.717) is 0 Å². The molecule has 0 saturated heterocycles. The van der Waals surface area contributed by atoms with Gasteiger partial charge >= 0.3 is 0 Å². The third-order valence-electron chi connectivity index (χ3n) is 3.05. The van der Waals surface area contributed by atoms with Gasteiger partial charge in [-0.1, -0.05) is 38.0 Å². The summed E-state index contributed by atoms with van der Waals surface area (Å²) < 4.78 is 2.06. The Morgan fingerprint density at radius 1 is 1.22 bits per heavy atom. The van der Waals surface area contributed by atoms with Crippen LogP contribution >= 0.6 is 0 Å². The summed E-state index contributed by atoms with van der Waals surface area (Å²) in [5.41, 5.74) is 2.52. The molecule has 2 aromatic rings. The summed E-state index contributed by atoms with van der Waals surface area (Å²) in [5, 5.41) is 3.51. The number of imidazole rings is 1. The first-order valence-electron chi connectivity index (χ1n) is 6.68. The summed E-state index contributed by atoms with van der Waals surface area (Å²) in [7, 11) is 0. The van der Waals surface area contributed by atoms with Gasteiger partial charge in [-0.3, -0.25) is 0 Å². The first-order valence-corrected chi connectivity index (χ1v) is 6.68. The lowest BCUT2D eigenvalue weighted by Crippen LogP contribution is -2.16. The molecule has 2 rings (SSSR count). The molecule has 0 bridgehead atoms. The minimum atomic E-state index is 0.915. The van der Waals surface area contributed by atoms with E-state index < -0.39 is 0 Å². The lowest BCUT2D eigenvalue weighted by molar-refractivity contribution is 0.615. The third kappa shape index (κ3) is 3.44. The van der Waals surface area contributed by atoms with Crippen molar-refractivity contribution in [1.29, 1.82) is 0 Å². The summed E-state index contributed by atoms with van der Waals surface area (Å²) in [5.74, 6) is 0. The lowest BCUT2D eigenvalue weighted by atomic mass is 10.1. The van der Waals surface area contributed by atoms with Crippen molar-refractivity contribution < 1.29 is 0 Å². The van der Waals surface area contributed by atoms with E-state index in [1.165, 1.54) is 30.5 Å². The molecule has 0 amide bonds. The van der Waals surface area contributed by atoms with Gasteiger partial charge in [0.25, 0.3) is 0 Å². The molecule has 1 aromatic heterocycles. The highest BCUT2D eigenvalue weighted by Gasteiger charge is 2.02. The summed E-state index contributed by atoms with van der Waals surface area (Å²) >= 11 is 0. The van der Waals surface area contributed by atoms with E-state index in [1.807, 2.05) is 18.7 Å². The van der Waals surface area contributed by atoms with E-state index in [9.17, 15) is 0 Å². The Balaban J connectivity index is 1.96. The molecule has 0 unspecified atom stereocenters. The minimum absolute atomic E-state index is 0.915. The van der Waals surface area contributed by atoms with Crippen molar-refractivity contribution in [1.82, 2.24) is 14.9 Å². The van der Waals surface area contributed by atoms with Crippen LogP contribution in [-0.4, -0.2) is 16.1 Å². The van der Waals surface area contributed by atoms with Gasteiger partial charge in [0.2, 0.25) is 0 Å². The first-order chi connectivity index (χ1) is 8.92. The number of nitrogens with zero attached hydrogens (tertiary/aromatic N) is 2. The average Bonchev–Trinajstić information content (AvgIpc) is 2.93. The normalized spacial score (nSPS) is 10.7. The number of rotatable bonds is 7. The van der Waals surface area contributed by atoms with Gasteiger partial charge in [0, 0.05) is 18.9 Å². The van der Waals surface area contributed by atoms with Crippen LogP contribution in [0.5, 0.6) is 0 Å². The fraction of sp³-hybridized carbons (Fsp3) is 0.400. The molecule has 3 nitrogen and oxygen atoms in total. The Morgan fingerprint density at radius 2 is 2.11 bits per heavy atom. The molecule has 0 fully saturated rings. The topological polar surface area (TPSA) is 29.9 Å². The maximum absolute atomic E-state index is 4.10. The predicted molar refractivity (Wildman–Crippen MR) is 74.8 cm³/mol. The largest absolute Gasteiger partial charge is 0.313 e. The van der Waals surface area contributed by atoms with Crippen LogP contribution in [0.4, 0.5) is 0 Å². The molecule has 1 aromatic carbocycles. The maximum atomic E-state index is 4.10. The quantitative estimate of drug-likeness (QED) is 0.757. The van der Waals surface area contributed by atoms with E-state index in [0.717, 1.165) is 13.1 Å². The highest BCUT2D eigenvalue weighted by molar-refractivity contribution is 5.40. The number of hydrogen-bond acceptors (Lipinski definition) is 2. The van der Waals surface area contributed by atoms with Gasteiger partial charge in [0.05, 0.1) is 12.0 Å². The van der Waals surface area contributed by atoms with Crippen LogP contribution < -0.4 is 5.32 Å². The molecule has 0 aliphatic rings. The van der Waals surface area contributed by atoms with Crippen molar-refractivity contribution in [3.63, 3.8) is 0 Å². The SMILES string of the molecule is CCCCCNCc1ccccc1-n1ccnc1. The molecule has 0 aliphatic heterocycles. The Bertz CT molecular complexity index is 449. The van der Waals surface area contributed by atoms with Crippen LogP contribution in [0.25, 0.3) is 5.69 Å². The third-order valence-corrected chi connectivity index (χ3v) is 3.05. The molecular formula is C15H21N3. The molecule has 3 heteroatoms. The van der Waals surface area contributed by atoms with E-state index in [4.69, 9.17) is 0 Å². The summed E-state index contributed by atoms with van der Waals surface area (Å²) in [6, 6.07) is 8.45. The number of benzene rings is 1. The van der Waals surface area contributed by atoms with Gasteiger partial charge in [-0.15, -0.1) is 0 Å². The van der Waals surface area contributed by atoms with E-state index >= 15 is 0 Å². The van der Waals surface area contributed by atoms with Gasteiger partial charge in [-0.25, -0.2) is 4.98 Å². The Labute approximate surface area is 109 Å². The van der Waals surface area contributed by atoms with E-state index in [1.54, 1.807) is 0 Å². The van der Waals surface area contributed by atoms with Crippen molar-refractivity contribution in [2.45, 2.75) is 32.7 Å². The van der Waals surface area contributed by atoms with Gasteiger partial charge in [-0.2, -0.15) is 0 Å². The van der Waals surface area contributed by atoms with Gasteiger partial charge in [-0.05, 0) is 24.6 Å². The minimum Gasteiger partial charge on any atom is -0.313 e. The molecule has 1 N–H and O–H groups in total. The zero-order valence-corrected chi connectivity index (χ0v) is 11.0. The van der Waals surface area contributed by atoms with Crippen molar-refractivity contribution >= 4 is 0 Å². The van der Waals surface area contributed by atoms with Crippen LogP contribution in [0.3, 0.4) is 0 Å². The lowest BCUT2D eigenvalue weighted by Gasteiger charge is -2.11. The Hall–Kier alpha value is -1.61.